The summed E-state index contributed by atoms with van der Waals surface area (Å²) in [6.45, 7) is 0.697. The fraction of sp³-hybridized carbons (Fsp3) is 0.444. The molecule has 1 atom stereocenters. The Morgan fingerprint density at radius 2 is 2.38 bits per heavy atom. The molecule has 0 saturated heterocycles. The zero-order chi connectivity index (χ0) is 9.68. The monoisotopic (exact) mass is 307 g/mol. The summed E-state index contributed by atoms with van der Waals surface area (Å²) in [5.41, 5.74) is 1.06. The van der Waals surface area contributed by atoms with Gasteiger partial charge in [-0.1, -0.05) is 15.9 Å². The van der Waals surface area contributed by atoms with Crippen molar-refractivity contribution in [1.29, 1.82) is 0 Å². The van der Waals surface area contributed by atoms with Gasteiger partial charge in [0.1, 0.15) is 0 Å². The maximum atomic E-state index is 5.03. The van der Waals surface area contributed by atoms with Crippen LogP contribution in [0.4, 0.5) is 0 Å². The second-order valence-corrected chi connectivity index (χ2v) is 4.84. The van der Waals surface area contributed by atoms with E-state index in [0.29, 0.717) is 11.4 Å². The number of hydrogen-bond donors (Lipinski definition) is 0. The van der Waals surface area contributed by atoms with Crippen LogP contribution in [0.25, 0.3) is 0 Å². The molecule has 0 aliphatic heterocycles. The average molecular weight is 309 g/mol. The van der Waals surface area contributed by atoms with Gasteiger partial charge in [-0.25, -0.2) is 0 Å². The van der Waals surface area contributed by atoms with E-state index in [1.54, 1.807) is 13.3 Å². The van der Waals surface area contributed by atoms with E-state index in [0.717, 1.165) is 16.6 Å². The maximum absolute atomic E-state index is 5.03. The number of pyridine rings is 1. The summed E-state index contributed by atoms with van der Waals surface area (Å²) in [7, 11) is 1.70. The van der Waals surface area contributed by atoms with Gasteiger partial charge in [-0.05, 0) is 28.1 Å². The highest BCUT2D eigenvalue weighted by Gasteiger charge is 2.08. The molecule has 2 nitrogen and oxygen atoms in total. The summed E-state index contributed by atoms with van der Waals surface area (Å²) in [6.07, 6.45) is 2.67. The number of hydrogen-bond acceptors (Lipinski definition) is 2. The molecule has 1 heterocycles. The maximum Gasteiger partial charge on any atom is 0.0591 e. The molecule has 13 heavy (non-hydrogen) atoms. The van der Waals surface area contributed by atoms with Gasteiger partial charge in [0.05, 0.1) is 12.3 Å². The van der Waals surface area contributed by atoms with Crippen LogP contribution < -0.4 is 0 Å². The van der Waals surface area contributed by atoms with Crippen LogP contribution >= 0.6 is 31.9 Å². The second-order valence-electron chi connectivity index (χ2n) is 2.69. The van der Waals surface area contributed by atoms with Crippen molar-refractivity contribution in [2.75, 3.05) is 13.7 Å². The van der Waals surface area contributed by atoms with Crippen molar-refractivity contribution in [3.63, 3.8) is 0 Å². The lowest BCUT2D eigenvalue weighted by molar-refractivity contribution is 0.200. The average Bonchev–Trinajstić information content (AvgIpc) is 2.09. The van der Waals surface area contributed by atoms with Crippen molar-refractivity contribution in [2.45, 2.75) is 11.2 Å². The highest BCUT2D eigenvalue weighted by molar-refractivity contribution is 9.10. The first-order valence-corrected chi connectivity index (χ1v) is 5.67. The minimum Gasteiger partial charge on any atom is -0.384 e. The number of ether oxygens (including phenoxy) is 1. The van der Waals surface area contributed by atoms with Gasteiger partial charge in [0.2, 0.25) is 0 Å². The molecule has 0 fully saturated rings. The summed E-state index contributed by atoms with van der Waals surface area (Å²) < 4.78 is 6.08. The Balaban J connectivity index is 2.58. The summed E-state index contributed by atoms with van der Waals surface area (Å²) in [5, 5.41) is 0. The van der Waals surface area contributed by atoms with Crippen LogP contribution in [-0.4, -0.2) is 23.5 Å². The molecule has 0 spiro atoms. The number of halogens is 2. The minimum absolute atomic E-state index is 0.323. The molecule has 1 unspecified atom stereocenters. The van der Waals surface area contributed by atoms with Gasteiger partial charge in [-0.2, -0.15) is 0 Å². The molecular formula is C9H11Br2NO. The smallest absolute Gasteiger partial charge is 0.0591 e. The van der Waals surface area contributed by atoms with Gasteiger partial charge in [0.25, 0.3) is 0 Å². The lowest BCUT2D eigenvalue weighted by Gasteiger charge is -2.08. The fourth-order valence-electron chi connectivity index (χ4n) is 1.02. The Labute approximate surface area is 95.0 Å². The molecule has 0 saturated carbocycles. The number of rotatable bonds is 4. The third-order valence-electron chi connectivity index (χ3n) is 1.60. The summed E-state index contributed by atoms with van der Waals surface area (Å²) >= 11 is 6.97. The highest BCUT2D eigenvalue weighted by atomic mass is 79.9. The summed E-state index contributed by atoms with van der Waals surface area (Å²) in [6, 6.07) is 3.90. The molecule has 0 N–H and O–H groups in total. The van der Waals surface area contributed by atoms with E-state index >= 15 is 0 Å². The first-order valence-electron chi connectivity index (χ1n) is 3.96. The molecule has 4 heteroatoms. The van der Waals surface area contributed by atoms with Crippen molar-refractivity contribution in [1.82, 2.24) is 4.98 Å². The zero-order valence-electron chi connectivity index (χ0n) is 7.34. The Kier molecular flexibility index (Phi) is 4.91. The van der Waals surface area contributed by atoms with E-state index < -0.39 is 0 Å². The molecule has 0 radical (unpaired) electrons. The fourth-order valence-corrected chi connectivity index (χ4v) is 2.01. The van der Waals surface area contributed by atoms with Gasteiger partial charge in [0.15, 0.2) is 0 Å². The topological polar surface area (TPSA) is 22.1 Å². The Morgan fingerprint density at radius 1 is 1.62 bits per heavy atom. The molecule has 0 aliphatic rings. The lowest BCUT2D eigenvalue weighted by Crippen LogP contribution is -2.11. The van der Waals surface area contributed by atoms with E-state index in [-0.39, 0.29) is 0 Å². The van der Waals surface area contributed by atoms with Crippen molar-refractivity contribution < 1.29 is 4.74 Å². The normalized spacial score (nSPS) is 12.8. The van der Waals surface area contributed by atoms with Crippen molar-refractivity contribution in [3.8, 4) is 0 Å². The first-order chi connectivity index (χ1) is 6.24. The quantitative estimate of drug-likeness (QED) is 0.798. The number of methoxy groups -OCH3 is 1. The van der Waals surface area contributed by atoms with Crippen LogP contribution in [0.2, 0.25) is 0 Å². The number of alkyl halides is 1. The third-order valence-corrected chi connectivity index (χ3v) is 2.91. The van der Waals surface area contributed by atoms with Gasteiger partial charge in [0, 0.05) is 29.0 Å². The molecule has 1 aromatic rings. The van der Waals surface area contributed by atoms with Crippen LogP contribution in [-0.2, 0) is 11.2 Å². The Bertz CT molecular complexity index is 268. The van der Waals surface area contributed by atoms with Crippen molar-refractivity contribution >= 4 is 31.9 Å². The molecule has 0 aliphatic carbocycles. The minimum atomic E-state index is 0.323. The summed E-state index contributed by atoms with van der Waals surface area (Å²) in [5.74, 6) is 0. The standard InChI is InChI=1S/C9H11Br2NO/c1-13-6-7(10)5-9-8(11)3-2-4-12-9/h2-4,7H,5-6H2,1H3. The molecule has 0 amide bonds. The van der Waals surface area contributed by atoms with Gasteiger partial charge in [-0.3, -0.25) is 4.98 Å². The first kappa shape index (κ1) is 11.1. The predicted molar refractivity (Wildman–Crippen MR) is 60.2 cm³/mol. The van der Waals surface area contributed by atoms with E-state index in [9.17, 15) is 0 Å². The van der Waals surface area contributed by atoms with Crippen LogP contribution in [0, 0.1) is 0 Å². The van der Waals surface area contributed by atoms with Crippen LogP contribution in [0.3, 0.4) is 0 Å². The predicted octanol–water partition coefficient (Wildman–Crippen LogP) is 2.80. The highest BCUT2D eigenvalue weighted by Crippen LogP contribution is 2.17. The van der Waals surface area contributed by atoms with Gasteiger partial charge < -0.3 is 4.74 Å². The Morgan fingerprint density at radius 3 is 3.00 bits per heavy atom. The third kappa shape index (κ3) is 3.75. The SMILES string of the molecule is COCC(Br)Cc1ncccc1Br. The zero-order valence-corrected chi connectivity index (χ0v) is 10.5. The van der Waals surface area contributed by atoms with Crippen LogP contribution in [0.1, 0.15) is 5.69 Å². The van der Waals surface area contributed by atoms with E-state index in [2.05, 4.69) is 36.8 Å². The summed E-state index contributed by atoms with van der Waals surface area (Å²) in [4.78, 5) is 4.59. The van der Waals surface area contributed by atoms with E-state index in [4.69, 9.17) is 4.74 Å². The van der Waals surface area contributed by atoms with Crippen LogP contribution in [0.5, 0.6) is 0 Å². The Hall–Kier alpha value is 0.0700. The number of nitrogens with zero attached hydrogens (tertiary/aromatic N) is 1. The number of aromatic nitrogens is 1. The van der Waals surface area contributed by atoms with Crippen LogP contribution in [0.15, 0.2) is 22.8 Å². The molecule has 0 bridgehead atoms. The van der Waals surface area contributed by atoms with Gasteiger partial charge in [-0.15, -0.1) is 0 Å². The second kappa shape index (κ2) is 5.73. The molecular weight excluding hydrogens is 298 g/mol. The van der Waals surface area contributed by atoms with Crippen molar-refractivity contribution in [2.24, 2.45) is 0 Å². The van der Waals surface area contributed by atoms with E-state index in [1.807, 2.05) is 12.1 Å². The molecule has 1 rings (SSSR count). The van der Waals surface area contributed by atoms with E-state index in [1.165, 1.54) is 0 Å². The molecule has 72 valence electrons. The van der Waals surface area contributed by atoms with Gasteiger partial charge >= 0.3 is 0 Å². The molecule has 0 aromatic carbocycles. The molecule has 1 aromatic heterocycles. The van der Waals surface area contributed by atoms with Crippen molar-refractivity contribution in [3.05, 3.63) is 28.5 Å². The lowest BCUT2D eigenvalue weighted by atomic mass is 10.2. The largest absolute Gasteiger partial charge is 0.384 e.